The summed E-state index contributed by atoms with van der Waals surface area (Å²) >= 11 is 5.83. The van der Waals surface area contributed by atoms with Gasteiger partial charge in [-0.25, -0.2) is 14.4 Å². The van der Waals surface area contributed by atoms with Crippen LogP contribution in [0.1, 0.15) is 42.3 Å². The third-order valence-corrected chi connectivity index (χ3v) is 4.45. The van der Waals surface area contributed by atoms with Crippen LogP contribution in [0.4, 0.5) is 4.79 Å². The van der Waals surface area contributed by atoms with Crippen LogP contribution in [0.2, 0.25) is 0 Å². The second-order valence-electron chi connectivity index (χ2n) is 7.84. The fourth-order valence-corrected chi connectivity index (χ4v) is 2.89. The zero-order valence-electron chi connectivity index (χ0n) is 17.4. The summed E-state index contributed by atoms with van der Waals surface area (Å²) in [7, 11) is 0. The lowest BCUT2D eigenvalue weighted by molar-refractivity contribution is 0.0523. The van der Waals surface area contributed by atoms with Crippen molar-refractivity contribution in [3.05, 3.63) is 75.6 Å². The number of esters is 1. The number of hydrogen-bond donors (Lipinski definition) is 1. The molecule has 8 heteroatoms. The molecule has 0 aliphatic rings. The molecule has 31 heavy (non-hydrogen) atoms. The van der Waals surface area contributed by atoms with Gasteiger partial charge in [-0.05, 0) is 62.2 Å². The molecule has 2 aromatic carbocycles. The van der Waals surface area contributed by atoms with Crippen molar-refractivity contribution < 1.29 is 23.5 Å². The molecule has 0 aliphatic carbocycles. The van der Waals surface area contributed by atoms with E-state index >= 15 is 0 Å². The molecule has 7 nitrogen and oxygen atoms in total. The van der Waals surface area contributed by atoms with Crippen molar-refractivity contribution >= 4 is 34.6 Å². The lowest BCUT2D eigenvalue weighted by Gasteiger charge is -2.19. The van der Waals surface area contributed by atoms with Crippen LogP contribution in [0, 0.1) is 0 Å². The van der Waals surface area contributed by atoms with Gasteiger partial charge in [-0.15, -0.1) is 11.6 Å². The van der Waals surface area contributed by atoms with Crippen LogP contribution in [-0.2, 0) is 17.2 Å². The number of rotatable bonds is 5. The Morgan fingerprint density at radius 1 is 1.03 bits per heavy atom. The zero-order chi connectivity index (χ0) is 22.6. The van der Waals surface area contributed by atoms with E-state index in [2.05, 4.69) is 5.32 Å². The number of benzene rings is 2. The van der Waals surface area contributed by atoms with E-state index in [1.165, 1.54) is 6.07 Å². The number of halogens is 1. The number of alkyl carbamates (subject to hydrolysis) is 1. The molecule has 1 heterocycles. The number of carbonyl (C=O) groups excluding carboxylic acids is 2. The van der Waals surface area contributed by atoms with Crippen LogP contribution < -0.4 is 15.7 Å². The molecule has 0 saturated carbocycles. The van der Waals surface area contributed by atoms with Crippen molar-refractivity contribution in [1.29, 1.82) is 0 Å². The molecule has 0 bridgehead atoms. The van der Waals surface area contributed by atoms with Gasteiger partial charge in [-0.3, -0.25) is 0 Å². The Morgan fingerprint density at radius 3 is 2.35 bits per heavy atom. The van der Waals surface area contributed by atoms with Crippen molar-refractivity contribution in [3.63, 3.8) is 0 Å². The van der Waals surface area contributed by atoms with Crippen LogP contribution in [-0.4, -0.2) is 17.7 Å². The average Bonchev–Trinajstić information content (AvgIpc) is 2.71. The summed E-state index contributed by atoms with van der Waals surface area (Å²) in [4.78, 5) is 36.4. The summed E-state index contributed by atoms with van der Waals surface area (Å²) in [5.41, 5.74) is 0.396. The number of ether oxygens (including phenoxy) is 2. The molecular formula is C23H22ClNO6. The summed E-state index contributed by atoms with van der Waals surface area (Å²) in [6.07, 6.45) is -0.525. The first-order valence-electron chi connectivity index (χ1n) is 9.55. The number of carbonyl (C=O) groups is 2. The van der Waals surface area contributed by atoms with Gasteiger partial charge in [-0.2, -0.15) is 0 Å². The third-order valence-electron chi connectivity index (χ3n) is 4.14. The Labute approximate surface area is 183 Å². The minimum absolute atomic E-state index is 0.213. The van der Waals surface area contributed by atoms with Gasteiger partial charge in [0.1, 0.15) is 22.5 Å². The lowest BCUT2D eigenvalue weighted by atomic mass is 10.1. The van der Waals surface area contributed by atoms with Crippen LogP contribution in [0.25, 0.3) is 11.0 Å². The van der Waals surface area contributed by atoms with Gasteiger partial charge in [0.05, 0.1) is 0 Å². The minimum Gasteiger partial charge on any atom is -0.444 e. The van der Waals surface area contributed by atoms with Crippen LogP contribution >= 0.6 is 11.6 Å². The van der Waals surface area contributed by atoms with Crippen LogP contribution in [0.5, 0.6) is 5.75 Å². The second kappa shape index (κ2) is 9.22. The van der Waals surface area contributed by atoms with Crippen molar-refractivity contribution in [1.82, 2.24) is 5.32 Å². The van der Waals surface area contributed by atoms with E-state index < -0.39 is 23.3 Å². The highest BCUT2D eigenvalue weighted by Crippen LogP contribution is 2.19. The first-order valence-corrected chi connectivity index (χ1v) is 10.1. The summed E-state index contributed by atoms with van der Waals surface area (Å²) in [6.45, 7) is 5.59. The highest BCUT2D eigenvalue weighted by Gasteiger charge is 2.17. The van der Waals surface area contributed by atoms with Crippen molar-refractivity contribution in [2.24, 2.45) is 0 Å². The van der Waals surface area contributed by atoms with E-state index in [4.69, 9.17) is 25.5 Å². The molecule has 1 aromatic heterocycles. The van der Waals surface area contributed by atoms with Gasteiger partial charge in [0.2, 0.25) is 0 Å². The van der Waals surface area contributed by atoms with Gasteiger partial charge < -0.3 is 19.2 Å². The highest BCUT2D eigenvalue weighted by atomic mass is 35.5. The van der Waals surface area contributed by atoms with E-state index in [1.807, 2.05) is 0 Å². The summed E-state index contributed by atoms with van der Waals surface area (Å²) < 4.78 is 15.7. The Bertz CT molecular complexity index is 1160. The molecule has 0 aliphatic heterocycles. The number of amides is 1. The Hall–Kier alpha value is -3.32. The predicted octanol–water partition coefficient (Wildman–Crippen LogP) is 4.78. The zero-order valence-corrected chi connectivity index (χ0v) is 18.1. The third kappa shape index (κ3) is 6.08. The van der Waals surface area contributed by atoms with E-state index in [-0.39, 0.29) is 17.9 Å². The molecule has 3 aromatic rings. The fraction of sp³-hybridized carbons (Fsp3) is 0.261. The summed E-state index contributed by atoms with van der Waals surface area (Å²) in [5.74, 6) is -0.282. The Balaban J connectivity index is 1.67. The molecule has 0 fully saturated rings. The predicted molar refractivity (Wildman–Crippen MR) is 117 cm³/mol. The Morgan fingerprint density at radius 2 is 1.71 bits per heavy atom. The Kier molecular flexibility index (Phi) is 6.65. The van der Waals surface area contributed by atoms with Gasteiger partial charge in [0, 0.05) is 17.8 Å². The normalized spacial score (nSPS) is 11.2. The quantitative estimate of drug-likeness (QED) is 0.264. The van der Waals surface area contributed by atoms with Gasteiger partial charge in [-0.1, -0.05) is 18.2 Å². The maximum Gasteiger partial charge on any atom is 0.407 e. The maximum atomic E-state index is 12.5. The highest BCUT2D eigenvalue weighted by molar-refractivity contribution is 6.17. The van der Waals surface area contributed by atoms with Crippen LogP contribution in [0.3, 0.4) is 0 Å². The van der Waals surface area contributed by atoms with Gasteiger partial charge in [0.15, 0.2) is 0 Å². The first-order chi connectivity index (χ1) is 14.6. The van der Waals surface area contributed by atoms with E-state index in [9.17, 15) is 14.4 Å². The molecule has 1 N–H and O–H groups in total. The van der Waals surface area contributed by atoms with Crippen LogP contribution in [0.15, 0.2) is 57.7 Å². The SMILES string of the molecule is CC(C)(C)OC(=O)NCc1ccc(OC(=O)c2cc3cc(CCl)ccc3oc2=O)cc1. The number of alkyl halides is 1. The molecule has 162 valence electrons. The van der Waals surface area contributed by atoms with Gasteiger partial charge in [0.25, 0.3) is 0 Å². The number of nitrogens with one attached hydrogen (secondary N) is 1. The van der Waals surface area contributed by atoms with E-state index in [1.54, 1.807) is 63.2 Å². The molecule has 0 unspecified atom stereocenters. The minimum atomic E-state index is -0.827. The second-order valence-corrected chi connectivity index (χ2v) is 8.11. The first kappa shape index (κ1) is 22.4. The standard InChI is InChI=1S/C23H22ClNO6/c1-23(2,3)31-22(28)25-13-14-4-7-17(8-5-14)29-20(26)18-11-16-10-15(12-24)6-9-19(16)30-21(18)27/h4-11H,12-13H2,1-3H3,(H,25,28). The fourth-order valence-electron chi connectivity index (χ4n) is 2.72. The maximum absolute atomic E-state index is 12.5. The average molecular weight is 444 g/mol. The molecule has 0 radical (unpaired) electrons. The number of hydrogen-bond acceptors (Lipinski definition) is 6. The van der Waals surface area contributed by atoms with E-state index in [0.29, 0.717) is 16.8 Å². The monoisotopic (exact) mass is 443 g/mol. The number of fused-ring (bicyclic) bond motifs is 1. The smallest absolute Gasteiger partial charge is 0.407 e. The van der Waals surface area contributed by atoms with Crippen molar-refractivity contribution in [2.75, 3.05) is 0 Å². The largest absolute Gasteiger partial charge is 0.444 e. The molecular weight excluding hydrogens is 422 g/mol. The molecule has 0 atom stereocenters. The van der Waals surface area contributed by atoms with E-state index in [0.717, 1.165) is 11.1 Å². The molecule has 3 rings (SSSR count). The molecule has 0 spiro atoms. The summed E-state index contributed by atoms with van der Waals surface area (Å²) in [6, 6.07) is 13.1. The van der Waals surface area contributed by atoms with Crippen molar-refractivity contribution in [2.45, 2.75) is 38.8 Å². The summed E-state index contributed by atoms with van der Waals surface area (Å²) in [5, 5.41) is 3.22. The molecule has 1 amide bonds. The lowest BCUT2D eigenvalue weighted by Crippen LogP contribution is -2.32. The van der Waals surface area contributed by atoms with Gasteiger partial charge >= 0.3 is 17.7 Å². The van der Waals surface area contributed by atoms with Crippen molar-refractivity contribution in [3.8, 4) is 5.75 Å². The topological polar surface area (TPSA) is 94.8 Å². The molecule has 0 saturated heterocycles.